The molecule has 22 heavy (non-hydrogen) atoms. The van der Waals surface area contributed by atoms with Crippen molar-refractivity contribution in [2.45, 2.75) is 51.3 Å². The van der Waals surface area contributed by atoms with Crippen molar-refractivity contribution in [1.82, 2.24) is 5.32 Å². The number of benzene rings is 1. The van der Waals surface area contributed by atoms with Crippen molar-refractivity contribution in [3.8, 4) is 0 Å². The third-order valence-electron chi connectivity index (χ3n) is 3.83. The molecule has 2 N–H and O–H groups in total. The van der Waals surface area contributed by atoms with Crippen molar-refractivity contribution in [1.29, 1.82) is 0 Å². The van der Waals surface area contributed by atoms with E-state index in [1.807, 2.05) is 39.0 Å². The topological polar surface area (TPSA) is 66.4 Å². The van der Waals surface area contributed by atoms with Gasteiger partial charge >= 0.3 is 5.97 Å². The highest BCUT2D eigenvalue weighted by atomic mass is 32.2. The Kier molecular flexibility index (Phi) is 7.45. The Labute approximate surface area is 136 Å². The number of aryl methyl sites for hydroxylation is 1. The smallest absolute Gasteiger partial charge is 0.305 e. The Morgan fingerprint density at radius 2 is 1.95 bits per heavy atom. The van der Waals surface area contributed by atoms with E-state index in [1.165, 1.54) is 11.1 Å². The molecule has 122 valence electrons. The second-order valence-corrected chi connectivity index (χ2v) is 6.57. The fourth-order valence-electron chi connectivity index (χ4n) is 2.41. The molecule has 0 saturated carbocycles. The summed E-state index contributed by atoms with van der Waals surface area (Å²) in [5, 5.41) is 11.9. The van der Waals surface area contributed by atoms with Gasteiger partial charge in [0.25, 0.3) is 0 Å². The SMILES string of the molecule is CCC(CC)(CC(=O)O)NC(=O)CSCc1cccc(C)c1. The zero-order valence-corrected chi connectivity index (χ0v) is 14.3. The van der Waals surface area contributed by atoms with Crippen molar-refractivity contribution < 1.29 is 14.7 Å². The molecule has 0 atom stereocenters. The summed E-state index contributed by atoms with van der Waals surface area (Å²) in [5.41, 5.74) is 1.77. The molecule has 0 aliphatic rings. The van der Waals surface area contributed by atoms with Gasteiger partial charge in [0, 0.05) is 11.3 Å². The first kappa shape index (κ1) is 18.6. The molecular formula is C17H25NO3S. The number of hydrogen-bond donors (Lipinski definition) is 2. The number of carbonyl (C=O) groups is 2. The van der Waals surface area contributed by atoms with Gasteiger partial charge in [-0.2, -0.15) is 0 Å². The maximum Gasteiger partial charge on any atom is 0.305 e. The molecule has 0 aromatic heterocycles. The number of hydrogen-bond acceptors (Lipinski definition) is 3. The van der Waals surface area contributed by atoms with E-state index in [-0.39, 0.29) is 12.3 Å². The summed E-state index contributed by atoms with van der Waals surface area (Å²) in [4.78, 5) is 23.1. The van der Waals surface area contributed by atoms with Crippen molar-refractivity contribution in [2.24, 2.45) is 0 Å². The van der Waals surface area contributed by atoms with Crippen molar-refractivity contribution in [3.05, 3.63) is 35.4 Å². The van der Waals surface area contributed by atoms with Crippen LogP contribution in [0.3, 0.4) is 0 Å². The standard InChI is InChI=1S/C17H25NO3S/c1-4-17(5-2,10-16(20)21)18-15(19)12-22-11-14-8-6-7-13(3)9-14/h6-9H,4-5,10-12H2,1-3H3,(H,18,19)(H,20,21). The lowest BCUT2D eigenvalue weighted by Gasteiger charge is -2.31. The van der Waals surface area contributed by atoms with Crippen LogP contribution in [0.5, 0.6) is 0 Å². The number of carbonyl (C=O) groups excluding carboxylic acids is 1. The fourth-order valence-corrected chi connectivity index (χ4v) is 3.18. The minimum atomic E-state index is -0.878. The minimum Gasteiger partial charge on any atom is -0.481 e. The van der Waals surface area contributed by atoms with Gasteiger partial charge in [0.15, 0.2) is 0 Å². The largest absolute Gasteiger partial charge is 0.481 e. The number of rotatable bonds is 9. The highest BCUT2D eigenvalue weighted by Gasteiger charge is 2.30. The Balaban J connectivity index is 2.48. The van der Waals surface area contributed by atoms with Gasteiger partial charge in [-0.15, -0.1) is 11.8 Å². The van der Waals surface area contributed by atoms with E-state index < -0.39 is 11.5 Å². The number of nitrogens with one attached hydrogen (secondary N) is 1. The van der Waals surface area contributed by atoms with Crippen LogP contribution in [0.2, 0.25) is 0 Å². The average Bonchev–Trinajstić information content (AvgIpc) is 2.46. The molecule has 0 saturated heterocycles. The van der Waals surface area contributed by atoms with Crippen LogP contribution in [0.1, 0.15) is 44.2 Å². The zero-order chi connectivity index (χ0) is 16.6. The molecular weight excluding hydrogens is 298 g/mol. The van der Waals surface area contributed by atoms with Crippen molar-refractivity contribution >= 4 is 23.6 Å². The summed E-state index contributed by atoms with van der Waals surface area (Å²) < 4.78 is 0. The van der Waals surface area contributed by atoms with Crippen molar-refractivity contribution in [2.75, 3.05) is 5.75 Å². The minimum absolute atomic E-state index is 0.0334. The Morgan fingerprint density at radius 3 is 2.50 bits per heavy atom. The van der Waals surface area contributed by atoms with Crippen LogP contribution in [0.4, 0.5) is 0 Å². The molecule has 0 radical (unpaired) electrons. The molecule has 0 aliphatic carbocycles. The molecule has 1 aromatic carbocycles. The molecule has 4 nitrogen and oxygen atoms in total. The third-order valence-corrected chi connectivity index (χ3v) is 4.84. The Morgan fingerprint density at radius 1 is 1.27 bits per heavy atom. The van der Waals surface area contributed by atoms with Gasteiger partial charge < -0.3 is 10.4 Å². The van der Waals surface area contributed by atoms with Crippen molar-refractivity contribution in [3.63, 3.8) is 0 Å². The molecule has 0 unspecified atom stereocenters. The van der Waals surface area contributed by atoms with Gasteiger partial charge in [-0.25, -0.2) is 0 Å². The average molecular weight is 323 g/mol. The molecule has 0 aliphatic heterocycles. The fraction of sp³-hybridized carbons (Fsp3) is 0.529. The summed E-state index contributed by atoms with van der Waals surface area (Å²) in [6.07, 6.45) is 1.20. The van der Waals surface area contributed by atoms with Gasteiger partial charge in [-0.1, -0.05) is 43.7 Å². The van der Waals surface area contributed by atoms with Crippen LogP contribution < -0.4 is 5.32 Å². The second-order valence-electron chi connectivity index (χ2n) is 5.59. The van der Waals surface area contributed by atoms with E-state index in [0.717, 1.165) is 5.75 Å². The van der Waals surface area contributed by atoms with E-state index in [0.29, 0.717) is 18.6 Å². The van der Waals surface area contributed by atoms with E-state index in [1.54, 1.807) is 11.8 Å². The summed E-state index contributed by atoms with van der Waals surface area (Å²) in [6, 6.07) is 8.21. The molecule has 1 aromatic rings. The Hall–Kier alpha value is -1.49. The highest BCUT2D eigenvalue weighted by molar-refractivity contribution is 7.99. The summed E-state index contributed by atoms with van der Waals surface area (Å²) in [6.45, 7) is 5.86. The normalized spacial score (nSPS) is 11.2. The Bertz CT molecular complexity index is 512. The summed E-state index contributed by atoms with van der Waals surface area (Å²) in [5.74, 6) is 0.147. The summed E-state index contributed by atoms with van der Waals surface area (Å²) >= 11 is 1.54. The number of aliphatic carboxylic acids is 1. The summed E-state index contributed by atoms with van der Waals surface area (Å²) in [7, 11) is 0. The molecule has 0 bridgehead atoms. The lowest BCUT2D eigenvalue weighted by molar-refractivity contribution is -0.139. The monoisotopic (exact) mass is 323 g/mol. The number of amides is 1. The van der Waals surface area contributed by atoms with Crippen LogP contribution in [0, 0.1) is 6.92 Å². The zero-order valence-electron chi connectivity index (χ0n) is 13.5. The first-order valence-corrected chi connectivity index (χ1v) is 8.72. The molecule has 1 amide bonds. The van der Waals surface area contributed by atoms with Gasteiger partial charge in [0.1, 0.15) is 0 Å². The van der Waals surface area contributed by atoms with Gasteiger partial charge in [-0.05, 0) is 25.3 Å². The van der Waals surface area contributed by atoms with Gasteiger partial charge in [0.05, 0.1) is 12.2 Å². The van der Waals surface area contributed by atoms with Gasteiger partial charge in [-0.3, -0.25) is 9.59 Å². The molecule has 0 spiro atoms. The van der Waals surface area contributed by atoms with E-state index in [4.69, 9.17) is 5.11 Å². The molecule has 1 rings (SSSR count). The quantitative estimate of drug-likeness (QED) is 0.731. The van der Waals surface area contributed by atoms with Crippen LogP contribution in [-0.2, 0) is 15.3 Å². The van der Waals surface area contributed by atoms with Crippen LogP contribution >= 0.6 is 11.8 Å². The second kappa shape index (κ2) is 8.83. The maximum absolute atomic E-state index is 12.1. The lowest BCUT2D eigenvalue weighted by Crippen LogP contribution is -2.49. The molecule has 0 fully saturated rings. The number of carboxylic acid groups (broad SMARTS) is 1. The van der Waals surface area contributed by atoms with E-state index in [2.05, 4.69) is 11.4 Å². The predicted molar refractivity (Wildman–Crippen MR) is 91.0 cm³/mol. The lowest BCUT2D eigenvalue weighted by atomic mass is 9.89. The maximum atomic E-state index is 12.1. The molecule has 5 heteroatoms. The van der Waals surface area contributed by atoms with E-state index in [9.17, 15) is 9.59 Å². The number of thioether (sulfide) groups is 1. The highest BCUT2D eigenvalue weighted by Crippen LogP contribution is 2.20. The molecule has 0 heterocycles. The van der Waals surface area contributed by atoms with Crippen LogP contribution in [0.25, 0.3) is 0 Å². The predicted octanol–water partition coefficient (Wildman–Crippen LogP) is 3.38. The first-order valence-electron chi connectivity index (χ1n) is 7.57. The first-order chi connectivity index (χ1) is 10.4. The van der Waals surface area contributed by atoms with E-state index >= 15 is 0 Å². The van der Waals surface area contributed by atoms with Gasteiger partial charge in [0.2, 0.25) is 5.91 Å². The third kappa shape index (κ3) is 6.10. The van der Waals surface area contributed by atoms with Crippen LogP contribution in [0.15, 0.2) is 24.3 Å². The number of carboxylic acids is 1. The van der Waals surface area contributed by atoms with Crippen LogP contribution in [-0.4, -0.2) is 28.3 Å².